The zero-order valence-corrected chi connectivity index (χ0v) is 18.7. The summed E-state index contributed by atoms with van der Waals surface area (Å²) in [6.07, 6.45) is 1.00. The molecule has 0 aliphatic rings. The van der Waals surface area contributed by atoms with E-state index in [-0.39, 0.29) is 23.1 Å². The number of rotatable bonds is 6. The lowest BCUT2D eigenvalue weighted by Crippen LogP contribution is -2.34. The smallest absolute Gasteiger partial charge is 0.410 e. The van der Waals surface area contributed by atoms with Gasteiger partial charge in [-0.05, 0) is 32.4 Å². The monoisotopic (exact) mass is 444 g/mol. The molecule has 0 fully saturated rings. The molecule has 0 saturated heterocycles. The molecule has 0 atom stereocenters. The van der Waals surface area contributed by atoms with E-state index in [4.69, 9.17) is 37.5 Å². The van der Waals surface area contributed by atoms with Gasteiger partial charge in [-0.3, -0.25) is 4.98 Å². The highest BCUT2D eigenvalue weighted by Crippen LogP contribution is 2.39. The average molecular weight is 445 g/mol. The first-order chi connectivity index (χ1) is 13.5. The zero-order valence-electron chi connectivity index (χ0n) is 17.2. The number of ether oxygens (including phenoxy) is 2. The number of nitrogens with zero attached hydrogens (tertiary/aromatic N) is 3. The number of carbonyl (C=O) groups is 1. The fourth-order valence-electron chi connectivity index (χ4n) is 2.66. The standard InChI is InChI=1S/C19H24Cl2N3O5/c1-19(2,3)29-18(25)23(4)10-13-11(9-24(26)28-6)8-22-17-12(13)7-14(27-5)15(20)16(17)21/h7-8H,9-10H2,1-6H3/q+1. The van der Waals surface area contributed by atoms with Crippen molar-refractivity contribution in [3.05, 3.63) is 38.3 Å². The Labute approximate surface area is 179 Å². The van der Waals surface area contributed by atoms with E-state index in [0.29, 0.717) is 32.7 Å². The van der Waals surface area contributed by atoms with Gasteiger partial charge >= 0.3 is 6.09 Å². The molecular formula is C19H24Cl2N3O5+. The Morgan fingerprint density at radius 3 is 2.45 bits per heavy atom. The molecule has 8 nitrogen and oxygen atoms in total. The Balaban J connectivity index is 2.60. The van der Waals surface area contributed by atoms with Crippen molar-refractivity contribution in [3.8, 4) is 5.75 Å². The molecule has 1 amide bonds. The molecular weight excluding hydrogens is 421 g/mol. The molecule has 1 heterocycles. The first-order valence-electron chi connectivity index (χ1n) is 8.73. The van der Waals surface area contributed by atoms with Crippen LogP contribution >= 0.6 is 23.2 Å². The van der Waals surface area contributed by atoms with Gasteiger partial charge in [-0.2, -0.15) is 0 Å². The molecule has 1 aromatic carbocycles. The van der Waals surface area contributed by atoms with Crippen molar-refractivity contribution in [3.63, 3.8) is 0 Å². The highest BCUT2D eigenvalue weighted by atomic mass is 35.5. The Morgan fingerprint density at radius 2 is 1.90 bits per heavy atom. The van der Waals surface area contributed by atoms with E-state index in [1.54, 1.807) is 33.9 Å². The van der Waals surface area contributed by atoms with Crippen molar-refractivity contribution in [2.45, 2.75) is 39.5 Å². The van der Waals surface area contributed by atoms with Crippen LogP contribution in [0.3, 0.4) is 0 Å². The molecule has 29 heavy (non-hydrogen) atoms. The van der Waals surface area contributed by atoms with Crippen LogP contribution in [0.1, 0.15) is 31.9 Å². The maximum absolute atomic E-state index is 12.5. The predicted octanol–water partition coefficient (Wildman–Crippen LogP) is 4.76. The van der Waals surface area contributed by atoms with Gasteiger partial charge in [0.15, 0.2) is 7.11 Å². The van der Waals surface area contributed by atoms with Crippen LogP contribution in [-0.4, -0.2) is 47.8 Å². The second-order valence-electron chi connectivity index (χ2n) is 7.37. The maximum atomic E-state index is 12.5. The second kappa shape index (κ2) is 9.00. The first kappa shape index (κ1) is 23.0. The second-order valence-corrected chi connectivity index (χ2v) is 8.13. The summed E-state index contributed by atoms with van der Waals surface area (Å²) in [6, 6.07) is 1.68. The van der Waals surface area contributed by atoms with E-state index >= 15 is 0 Å². The SMILES string of the molecule is COc1cc2c(CN(C)C(=O)OC(C)(C)C)c(C[N+](=O)OC)cnc2c(Cl)c1Cl. The minimum absolute atomic E-state index is 0.0977. The van der Waals surface area contributed by atoms with Crippen molar-refractivity contribution in [1.29, 1.82) is 0 Å². The number of hydrogen-bond acceptors (Lipinski definition) is 6. The van der Waals surface area contributed by atoms with Crippen LogP contribution in [0.5, 0.6) is 5.75 Å². The molecule has 0 saturated carbocycles. The fourth-order valence-corrected chi connectivity index (χ4v) is 3.12. The van der Waals surface area contributed by atoms with Gasteiger partial charge in [0.1, 0.15) is 16.4 Å². The highest BCUT2D eigenvalue weighted by molar-refractivity contribution is 6.46. The quantitative estimate of drug-likeness (QED) is 0.597. The summed E-state index contributed by atoms with van der Waals surface area (Å²) >= 11 is 12.6. The lowest BCUT2D eigenvalue weighted by Gasteiger charge is -2.25. The molecule has 2 rings (SSSR count). The molecule has 0 N–H and O–H groups in total. The van der Waals surface area contributed by atoms with E-state index in [1.165, 1.54) is 25.3 Å². The number of benzene rings is 1. The topological polar surface area (TPSA) is 81.0 Å². The maximum Gasteiger partial charge on any atom is 0.410 e. The van der Waals surface area contributed by atoms with Crippen LogP contribution < -0.4 is 4.74 Å². The van der Waals surface area contributed by atoms with Gasteiger partial charge < -0.3 is 14.4 Å². The summed E-state index contributed by atoms with van der Waals surface area (Å²) in [6.45, 7) is 5.40. The van der Waals surface area contributed by atoms with E-state index in [9.17, 15) is 9.70 Å². The number of pyridine rings is 1. The average Bonchev–Trinajstić information content (AvgIpc) is 2.64. The van der Waals surface area contributed by atoms with Gasteiger partial charge in [0, 0.05) is 25.2 Å². The van der Waals surface area contributed by atoms with Crippen LogP contribution in [0.15, 0.2) is 12.3 Å². The van der Waals surface area contributed by atoms with Crippen LogP contribution in [0.4, 0.5) is 4.79 Å². The number of aromatic nitrogens is 1. The lowest BCUT2D eigenvalue weighted by atomic mass is 10.0. The Bertz CT molecular complexity index is 944. The van der Waals surface area contributed by atoms with E-state index < -0.39 is 11.7 Å². The first-order valence-corrected chi connectivity index (χ1v) is 9.49. The Hall–Kier alpha value is -2.32. The van der Waals surface area contributed by atoms with Gasteiger partial charge in [0.2, 0.25) is 4.92 Å². The number of hydrogen-bond donors (Lipinski definition) is 0. The third-order valence-corrected chi connectivity index (χ3v) is 4.87. The summed E-state index contributed by atoms with van der Waals surface area (Å²) in [4.78, 5) is 35.1. The molecule has 1 aromatic heterocycles. The minimum Gasteiger partial charge on any atom is -0.495 e. The van der Waals surface area contributed by atoms with Crippen molar-refractivity contribution in [2.75, 3.05) is 21.3 Å². The summed E-state index contributed by atoms with van der Waals surface area (Å²) in [7, 11) is 4.34. The fraction of sp³-hybridized carbons (Fsp3) is 0.474. The Kier molecular flexibility index (Phi) is 7.13. The number of carbonyl (C=O) groups excluding carboxylic acids is 1. The van der Waals surface area contributed by atoms with Crippen molar-refractivity contribution >= 4 is 40.2 Å². The van der Waals surface area contributed by atoms with Crippen LogP contribution in [0.25, 0.3) is 10.9 Å². The van der Waals surface area contributed by atoms with Gasteiger partial charge in [0.05, 0.1) is 28.1 Å². The molecule has 0 unspecified atom stereocenters. The van der Waals surface area contributed by atoms with Gasteiger partial charge in [-0.15, -0.1) is 0 Å². The molecule has 0 bridgehead atoms. The third kappa shape index (κ3) is 5.39. The third-order valence-electron chi connectivity index (χ3n) is 4.03. The van der Waals surface area contributed by atoms with Gasteiger partial charge in [0.25, 0.3) is 6.54 Å². The predicted molar refractivity (Wildman–Crippen MR) is 110 cm³/mol. The molecule has 0 aliphatic heterocycles. The summed E-state index contributed by atoms with van der Waals surface area (Å²) < 4.78 is 10.7. The van der Waals surface area contributed by atoms with Crippen molar-refractivity contribution < 1.29 is 24.0 Å². The molecule has 10 heteroatoms. The van der Waals surface area contributed by atoms with E-state index in [2.05, 4.69) is 4.98 Å². The van der Waals surface area contributed by atoms with Gasteiger partial charge in [-0.25, -0.2) is 9.63 Å². The Morgan fingerprint density at radius 1 is 1.24 bits per heavy atom. The minimum atomic E-state index is -0.642. The normalized spacial score (nSPS) is 11.3. The van der Waals surface area contributed by atoms with E-state index in [0.717, 1.165) is 0 Å². The number of fused-ring (bicyclic) bond motifs is 1. The summed E-state index contributed by atoms with van der Waals surface area (Å²) in [5.41, 5.74) is 1.00. The van der Waals surface area contributed by atoms with Crippen molar-refractivity contribution in [1.82, 2.24) is 9.88 Å². The van der Waals surface area contributed by atoms with E-state index in [1.807, 2.05) is 0 Å². The molecule has 2 aromatic rings. The number of halogens is 2. The number of methoxy groups -OCH3 is 1. The highest BCUT2D eigenvalue weighted by Gasteiger charge is 2.25. The molecule has 158 valence electrons. The number of amides is 1. The molecule has 0 radical (unpaired) electrons. The van der Waals surface area contributed by atoms with Crippen molar-refractivity contribution in [2.24, 2.45) is 0 Å². The zero-order chi connectivity index (χ0) is 21.9. The van der Waals surface area contributed by atoms with Crippen LogP contribution in [0.2, 0.25) is 10.0 Å². The summed E-state index contributed by atoms with van der Waals surface area (Å²) in [5.74, 6) is 0.356. The van der Waals surface area contributed by atoms with Crippen LogP contribution in [-0.2, 0) is 22.7 Å². The molecule has 0 aliphatic carbocycles. The lowest BCUT2D eigenvalue weighted by molar-refractivity contribution is -0.807. The van der Waals surface area contributed by atoms with Gasteiger partial charge in [-0.1, -0.05) is 23.2 Å². The largest absolute Gasteiger partial charge is 0.495 e. The summed E-state index contributed by atoms with van der Waals surface area (Å²) in [5, 5.41) is 1.06. The van der Waals surface area contributed by atoms with Crippen LogP contribution in [0, 0.1) is 4.91 Å². The molecule has 0 spiro atoms.